The largest absolute Gasteiger partial charge is 0.348 e. The third-order valence-corrected chi connectivity index (χ3v) is 4.80. The summed E-state index contributed by atoms with van der Waals surface area (Å²) in [4.78, 5) is 20.7. The van der Waals surface area contributed by atoms with Gasteiger partial charge < -0.3 is 9.88 Å². The van der Waals surface area contributed by atoms with E-state index in [4.69, 9.17) is 0 Å². The minimum absolute atomic E-state index is 0.0899. The van der Waals surface area contributed by atoms with Crippen LogP contribution in [0.1, 0.15) is 43.6 Å². The van der Waals surface area contributed by atoms with Crippen LogP contribution in [0.5, 0.6) is 0 Å². The Hall–Kier alpha value is -2.17. The quantitative estimate of drug-likeness (QED) is 0.948. The average Bonchev–Trinajstić information content (AvgIpc) is 3.06. The molecule has 3 rings (SSSR count). The van der Waals surface area contributed by atoms with E-state index in [0.29, 0.717) is 17.5 Å². The Kier molecular flexibility index (Phi) is 4.22. The standard InChI is InChI=1S/C17H22N4O/c1-12-4-3-5-15(13(12)2)20-17(22)16-10-14(6-7-19-16)21-9-8-18-11-21/h6-13,15H,3-5H2,1-2H3,(H,20,22). The molecule has 0 radical (unpaired) electrons. The number of rotatable bonds is 3. The molecule has 5 heteroatoms. The predicted octanol–water partition coefficient (Wildman–Crippen LogP) is 2.82. The van der Waals surface area contributed by atoms with Crippen molar-refractivity contribution in [1.29, 1.82) is 0 Å². The van der Waals surface area contributed by atoms with Crippen molar-refractivity contribution in [2.24, 2.45) is 11.8 Å². The van der Waals surface area contributed by atoms with Crippen LogP contribution in [0.4, 0.5) is 0 Å². The van der Waals surface area contributed by atoms with Crippen LogP contribution in [0.3, 0.4) is 0 Å². The highest BCUT2D eigenvalue weighted by Crippen LogP contribution is 2.29. The van der Waals surface area contributed by atoms with Crippen molar-refractivity contribution < 1.29 is 4.79 Å². The maximum atomic E-state index is 12.5. The molecule has 3 unspecified atom stereocenters. The van der Waals surface area contributed by atoms with Crippen molar-refractivity contribution in [3.63, 3.8) is 0 Å². The molecule has 0 spiro atoms. The molecule has 0 bridgehead atoms. The lowest BCUT2D eigenvalue weighted by Crippen LogP contribution is -2.43. The topological polar surface area (TPSA) is 59.8 Å². The van der Waals surface area contributed by atoms with Crippen molar-refractivity contribution in [2.75, 3.05) is 0 Å². The highest BCUT2D eigenvalue weighted by atomic mass is 16.1. The smallest absolute Gasteiger partial charge is 0.270 e. The predicted molar refractivity (Wildman–Crippen MR) is 84.8 cm³/mol. The number of amides is 1. The fraction of sp³-hybridized carbons (Fsp3) is 0.471. The van der Waals surface area contributed by atoms with E-state index >= 15 is 0 Å². The Morgan fingerprint density at radius 3 is 2.95 bits per heavy atom. The van der Waals surface area contributed by atoms with Crippen molar-refractivity contribution >= 4 is 5.91 Å². The second kappa shape index (κ2) is 6.30. The molecule has 0 aromatic carbocycles. The maximum Gasteiger partial charge on any atom is 0.270 e. The summed E-state index contributed by atoms with van der Waals surface area (Å²) in [7, 11) is 0. The number of hydrogen-bond acceptors (Lipinski definition) is 3. The Labute approximate surface area is 130 Å². The lowest BCUT2D eigenvalue weighted by molar-refractivity contribution is 0.0886. The van der Waals surface area contributed by atoms with Gasteiger partial charge in [0.2, 0.25) is 0 Å². The molecule has 22 heavy (non-hydrogen) atoms. The third-order valence-electron chi connectivity index (χ3n) is 4.80. The lowest BCUT2D eigenvalue weighted by atomic mass is 9.78. The van der Waals surface area contributed by atoms with E-state index < -0.39 is 0 Å². The van der Waals surface area contributed by atoms with Gasteiger partial charge in [-0.3, -0.25) is 9.78 Å². The van der Waals surface area contributed by atoms with Gasteiger partial charge in [0.25, 0.3) is 5.91 Å². The zero-order chi connectivity index (χ0) is 15.5. The first kappa shape index (κ1) is 14.8. The molecular weight excluding hydrogens is 276 g/mol. The second-order valence-corrected chi connectivity index (χ2v) is 6.22. The SMILES string of the molecule is CC1CCCC(NC(=O)c2cc(-n3ccnc3)ccn2)C1C. The number of imidazole rings is 1. The number of carbonyl (C=O) groups is 1. The molecule has 1 amide bonds. The molecule has 0 saturated heterocycles. The minimum Gasteiger partial charge on any atom is -0.348 e. The van der Waals surface area contributed by atoms with Gasteiger partial charge in [-0.05, 0) is 30.4 Å². The fourth-order valence-electron chi connectivity index (χ4n) is 3.14. The van der Waals surface area contributed by atoms with Crippen LogP contribution in [-0.4, -0.2) is 26.5 Å². The molecule has 1 fully saturated rings. The average molecular weight is 298 g/mol. The lowest BCUT2D eigenvalue weighted by Gasteiger charge is -2.34. The van der Waals surface area contributed by atoms with Crippen LogP contribution < -0.4 is 5.32 Å². The molecule has 1 saturated carbocycles. The Balaban J connectivity index is 1.74. The third kappa shape index (κ3) is 3.03. The summed E-state index contributed by atoms with van der Waals surface area (Å²) in [5, 5.41) is 3.16. The van der Waals surface area contributed by atoms with Gasteiger partial charge in [0.15, 0.2) is 0 Å². The van der Waals surface area contributed by atoms with Gasteiger partial charge in [-0.2, -0.15) is 0 Å². The fourth-order valence-corrected chi connectivity index (χ4v) is 3.14. The van der Waals surface area contributed by atoms with E-state index in [1.165, 1.54) is 12.8 Å². The van der Waals surface area contributed by atoms with Gasteiger partial charge >= 0.3 is 0 Å². The summed E-state index contributed by atoms with van der Waals surface area (Å²) >= 11 is 0. The zero-order valence-corrected chi connectivity index (χ0v) is 13.1. The van der Waals surface area contributed by atoms with Gasteiger partial charge in [0, 0.05) is 24.6 Å². The summed E-state index contributed by atoms with van der Waals surface area (Å²) in [6.07, 6.45) is 10.4. The Bertz CT molecular complexity index is 638. The summed E-state index contributed by atoms with van der Waals surface area (Å²) in [5.74, 6) is 1.08. The highest BCUT2D eigenvalue weighted by molar-refractivity contribution is 5.93. The van der Waals surface area contributed by atoms with Crippen LogP contribution in [-0.2, 0) is 0 Å². The van der Waals surface area contributed by atoms with E-state index in [2.05, 4.69) is 29.1 Å². The first-order valence-electron chi connectivity index (χ1n) is 7.90. The molecule has 1 aliphatic rings. The zero-order valence-electron chi connectivity index (χ0n) is 13.1. The molecule has 5 nitrogen and oxygen atoms in total. The monoisotopic (exact) mass is 298 g/mol. The van der Waals surface area contributed by atoms with Crippen molar-refractivity contribution in [3.05, 3.63) is 42.7 Å². The van der Waals surface area contributed by atoms with Crippen molar-refractivity contribution in [3.8, 4) is 5.69 Å². The second-order valence-electron chi connectivity index (χ2n) is 6.22. The minimum atomic E-state index is -0.0899. The van der Waals surface area contributed by atoms with Crippen LogP contribution >= 0.6 is 0 Å². The van der Waals surface area contributed by atoms with Gasteiger partial charge in [-0.1, -0.05) is 26.7 Å². The Morgan fingerprint density at radius 2 is 2.18 bits per heavy atom. The number of aromatic nitrogens is 3. The van der Waals surface area contributed by atoms with E-state index in [9.17, 15) is 4.79 Å². The van der Waals surface area contributed by atoms with Gasteiger partial charge in [0.1, 0.15) is 5.69 Å². The summed E-state index contributed by atoms with van der Waals surface area (Å²) in [6, 6.07) is 3.91. The molecule has 116 valence electrons. The summed E-state index contributed by atoms with van der Waals surface area (Å²) in [6.45, 7) is 4.49. The molecular formula is C17H22N4O. The number of hydrogen-bond donors (Lipinski definition) is 1. The summed E-state index contributed by atoms with van der Waals surface area (Å²) in [5.41, 5.74) is 1.35. The maximum absolute atomic E-state index is 12.5. The normalized spacial score (nSPS) is 24.9. The van der Waals surface area contributed by atoms with E-state index in [1.807, 2.05) is 16.8 Å². The van der Waals surface area contributed by atoms with Crippen LogP contribution in [0, 0.1) is 11.8 Å². The molecule has 1 N–H and O–H groups in total. The van der Waals surface area contributed by atoms with Gasteiger partial charge in [-0.25, -0.2) is 4.98 Å². The Morgan fingerprint density at radius 1 is 1.32 bits per heavy atom. The van der Waals surface area contributed by atoms with Crippen molar-refractivity contribution in [1.82, 2.24) is 19.9 Å². The molecule has 0 aliphatic heterocycles. The van der Waals surface area contributed by atoms with Crippen LogP contribution in [0.25, 0.3) is 5.69 Å². The molecule has 1 aliphatic carbocycles. The van der Waals surface area contributed by atoms with Crippen LogP contribution in [0.15, 0.2) is 37.1 Å². The van der Waals surface area contributed by atoms with E-state index in [0.717, 1.165) is 12.1 Å². The number of carbonyl (C=O) groups excluding carboxylic acids is 1. The molecule has 2 aromatic heterocycles. The van der Waals surface area contributed by atoms with Crippen molar-refractivity contribution in [2.45, 2.75) is 39.2 Å². The number of pyridine rings is 1. The number of nitrogens with one attached hydrogen (secondary N) is 1. The highest BCUT2D eigenvalue weighted by Gasteiger charge is 2.28. The molecule has 2 heterocycles. The van der Waals surface area contributed by atoms with E-state index in [1.54, 1.807) is 24.8 Å². The van der Waals surface area contributed by atoms with Gasteiger partial charge in [0.05, 0.1) is 12.0 Å². The first-order valence-corrected chi connectivity index (χ1v) is 7.90. The van der Waals surface area contributed by atoms with Crippen LogP contribution in [0.2, 0.25) is 0 Å². The first-order chi connectivity index (χ1) is 10.6. The molecule has 3 atom stereocenters. The summed E-state index contributed by atoms with van der Waals surface area (Å²) < 4.78 is 1.86. The molecule has 2 aromatic rings. The van der Waals surface area contributed by atoms with Gasteiger partial charge in [-0.15, -0.1) is 0 Å². The number of nitrogens with zero attached hydrogens (tertiary/aromatic N) is 3. The van der Waals surface area contributed by atoms with E-state index in [-0.39, 0.29) is 11.9 Å².